The molecular formula is C19H30N4O3. The van der Waals surface area contributed by atoms with E-state index in [0.717, 1.165) is 18.5 Å². The molecule has 0 radical (unpaired) electrons. The maximum atomic E-state index is 11.7. The van der Waals surface area contributed by atoms with Gasteiger partial charge in [0.2, 0.25) is 5.91 Å². The van der Waals surface area contributed by atoms with Crippen LogP contribution in [0.1, 0.15) is 13.3 Å². The number of hydrogen-bond acceptors (Lipinski definition) is 6. The Hall–Kier alpha value is -2.09. The predicted octanol–water partition coefficient (Wildman–Crippen LogP) is 1.58. The number of amides is 1. The van der Waals surface area contributed by atoms with Gasteiger partial charge in [-0.25, -0.2) is 0 Å². The van der Waals surface area contributed by atoms with Crippen LogP contribution in [0.2, 0.25) is 0 Å². The van der Waals surface area contributed by atoms with Crippen molar-refractivity contribution in [1.82, 2.24) is 10.2 Å². The quantitative estimate of drug-likeness (QED) is 0.344. The lowest BCUT2D eigenvalue weighted by atomic mass is 10.2. The molecule has 0 unspecified atom stereocenters. The van der Waals surface area contributed by atoms with Crippen LogP contribution in [0.3, 0.4) is 0 Å². The lowest BCUT2D eigenvalue weighted by molar-refractivity contribution is -0.137. The summed E-state index contributed by atoms with van der Waals surface area (Å²) in [5.41, 5.74) is 0.905. The number of aliphatic imine (C=N–C) groups is 2. The van der Waals surface area contributed by atoms with Crippen molar-refractivity contribution in [3.8, 4) is 0 Å². The van der Waals surface area contributed by atoms with E-state index in [2.05, 4.69) is 39.9 Å². The second-order valence-corrected chi connectivity index (χ2v) is 5.67. The smallest absolute Gasteiger partial charge is 0.250 e. The summed E-state index contributed by atoms with van der Waals surface area (Å²) in [7, 11) is 1.61. The third kappa shape index (κ3) is 9.41. The summed E-state index contributed by atoms with van der Waals surface area (Å²) in [6.45, 7) is 8.82. The average molecular weight is 362 g/mol. The fourth-order valence-electron chi connectivity index (χ4n) is 2.33. The lowest BCUT2D eigenvalue weighted by Crippen LogP contribution is -2.49. The summed E-state index contributed by atoms with van der Waals surface area (Å²) >= 11 is 0. The van der Waals surface area contributed by atoms with Gasteiger partial charge in [0.05, 0.1) is 13.2 Å². The molecule has 1 amide bonds. The summed E-state index contributed by atoms with van der Waals surface area (Å²) in [4.78, 5) is 22.0. The van der Waals surface area contributed by atoms with Crippen LogP contribution in [0.15, 0.2) is 46.1 Å². The zero-order valence-corrected chi connectivity index (χ0v) is 15.8. The molecule has 1 aliphatic rings. The van der Waals surface area contributed by atoms with Gasteiger partial charge in [-0.2, -0.15) is 0 Å². The second-order valence-electron chi connectivity index (χ2n) is 5.67. The zero-order chi connectivity index (χ0) is 19.0. The molecule has 0 aromatic carbocycles. The van der Waals surface area contributed by atoms with E-state index in [9.17, 15) is 4.79 Å². The first kappa shape index (κ1) is 22.0. The van der Waals surface area contributed by atoms with E-state index < -0.39 is 6.10 Å². The van der Waals surface area contributed by atoms with Gasteiger partial charge in [0.15, 0.2) is 0 Å². The Bertz CT molecular complexity index is 541. The van der Waals surface area contributed by atoms with Gasteiger partial charge in [-0.05, 0) is 13.1 Å². The molecule has 0 spiro atoms. The van der Waals surface area contributed by atoms with Gasteiger partial charge in [0.1, 0.15) is 12.8 Å². The van der Waals surface area contributed by atoms with Crippen molar-refractivity contribution in [1.29, 1.82) is 0 Å². The Morgan fingerprint density at radius 2 is 2.23 bits per heavy atom. The first-order valence-corrected chi connectivity index (χ1v) is 8.80. The van der Waals surface area contributed by atoms with E-state index in [1.807, 2.05) is 18.2 Å². The highest BCUT2D eigenvalue weighted by Gasteiger charge is 2.25. The highest BCUT2D eigenvalue weighted by molar-refractivity contribution is 5.81. The number of morpholine rings is 1. The molecule has 7 nitrogen and oxygen atoms in total. The van der Waals surface area contributed by atoms with E-state index in [-0.39, 0.29) is 12.6 Å². The monoisotopic (exact) mass is 362 g/mol. The van der Waals surface area contributed by atoms with Crippen molar-refractivity contribution in [2.24, 2.45) is 9.98 Å². The number of likely N-dealkylation sites (N-methyl/N-ethyl adjacent to an activating group) is 1. The highest BCUT2D eigenvalue weighted by atomic mass is 16.5. The van der Waals surface area contributed by atoms with Gasteiger partial charge in [-0.3, -0.25) is 19.7 Å². The van der Waals surface area contributed by atoms with Crippen molar-refractivity contribution < 1.29 is 14.3 Å². The molecule has 0 saturated carbocycles. The number of nitrogens with one attached hydrogen (secondary N) is 1. The highest BCUT2D eigenvalue weighted by Crippen LogP contribution is 2.08. The molecule has 0 aliphatic carbocycles. The third-order valence-electron chi connectivity index (χ3n) is 3.61. The molecule has 0 aromatic rings. The average Bonchev–Trinajstić information content (AvgIpc) is 2.66. The van der Waals surface area contributed by atoms with Gasteiger partial charge in [-0.1, -0.05) is 31.2 Å². The van der Waals surface area contributed by atoms with Crippen LogP contribution in [-0.4, -0.2) is 76.5 Å². The minimum atomic E-state index is -0.444. The molecule has 0 bridgehead atoms. The van der Waals surface area contributed by atoms with Gasteiger partial charge in [0.25, 0.3) is 0 Å². The van der Waals surface area contributed by atoms with E-state index in [1.54, 1.807) is 19.5 Å². The first-order chi connectivity index (χ1) is 12.7. The molecule has 26 heavy (non-hydrogen) atoms. The van der Waals surface area contributed by atoms with Crippen molar-refractivity contribution in [2.75, 3.05) is 46.6 Å². The van der Waals surface area contributed by atoms with Gasteiger partial charge < -0.3 is 14.8 Å². The molecule has 1 atom stereocenters. The standard InChI is InChI=1S/C19H30N4O3/c1-4-5-6-7-8-10-25-16-22-13-17(12-20-2)14-23-9-11-26-18(15-23)19(24)21-3/h5-8,12-13,18H,2,4,9-11,14-16H2,1,3H3,(H,21,24)/b6-5-,8-7-,17-12+,22-13-/t18-/m0/s1. The number of hydrogen-bond donors (Lipinski definition) is 1. The van der Waals surface area contributed by atoms with Crippen LogP contribution in [0.25, 0.3) is 0 Å². The fraction of sp³-hybridized carbons (Fsp3) is 0.526. The maximum absolute atomic E-state index is 11.7. The molecule has 1 rings (SSSR count). The van der Waals surface area contributed by atoms with Crippen LogP contribution < -0.4 is 5.32 Å². The number of ether oxygens (including phenoxy) is 2. The minimum absolute atomic E-state index is 0.106. The predicted molar refractivity (Wildman–Crippen MR) is 106 cm³/mol. The Morgan fingerprint density at radius 1 is 1.42 bits per heavy atom. The number of rotatable bonds is 11. The number of carbonyl (C=O) groups is 1. The number of allylic oxidation sites excluding steroid dienone is 3. The van der Waals surface area contributed by atoms with Crippen molar-refractivity contribution in [3.05, 3.63) is 36.1 Å². The van der Waals surface area contributed by atoms with Crippen LogP contribution in [-0.2, 0) is 14.3 Å². The van der Waals surface area contributed by atoms with Crippen LogP contribution in [0, 0.1) is 0 Å². The van der Waals surface area contributed by atoms with Crippen molar-refractivity contribution in [3.63, 3.8) is 0 Å². The molecule has 7 heteroatoms. The third-order valence-corrected chi connectivity index (χ3v) is 3.61. The minimum Gasteiger partial charge on any atom is -0.366 e. The van der Waals surface area contributed by atoms with Crippen LogP contribution in [0.5, 0.6) is 0 Å². The van der Waals surface area contributed by atoms with Crippen molar-refractivity contribution >= 4 is 18.8 Å². The largest absolute Gasteiger partial charge is 0.366 e. The van der Waals surface area contributed by atoms with E-state index in [4.69, 9.17) is 9.47 Å². The normalized spacial score (nSPS) is 19.6. The molecule has 1 aliphatic heterocycles. The Morgan fingerprint density at radius 3 is 2.96 bits per heavy atom. The topological polar surface area (TPSA) is 75.5 Å². The van der Waals surface area contributed by atoms with Crippen LogP contribution >= 0.6 is 0 Å². The Kier molecular flexibility index (Phi) is 11.9. The zero-order valence-electron chi connectivity index (χ0n) is 15.8. The molecule has 1 heterocycles. The van der Waals surface area contributed by atoms with Crippen molar-refractivity contribution in [2.45, 2.75) is 19.4 Å². The molecule has 1 saturated heterocycles. The van der Waals surface area contributed by atoms with Gasteiger partial charge in [0, 0.05) is 44.7 Å². The van der Waals surface area contributed by atoms with Gasteiger partial charge >= 0.3 is 0 Å². The van der Waals surface area contributed by atoms with Gasteiger partial charge in [-0.15, -0.1) is 0 Å². The summed E-state index contributed by atoms with van der Waals surface area (Å²) in [5, 5.41) is 2.62. The maximum Gasteiger partial charge on any atom is 0.250 e. The number of nitrogens with zero attached hydrogens (tertiary/aromatic N) is 3. The number of carbonyl (C=O) groups excluding carboxylic acids is 1. The molecular weight excluding hydrogens is 332 g/mol. The van der Waals surface area contributed by atoms with E-state index >= 15 is 0 Å². The summed E-state index contributed by atoms with van der Waals surface area (Å²) < 4.78 is 10.9. The van der Waals surface area contributed by atoms with E-state index in [1.165, 1.54) is 0 Å². The SMILES string of the molecule is C=N/C=C(\C=N/COC/C=C\C=C/CC)CN1CCO[C@H](C(=O)NC)C1. The fourth-order valence-corrected chi connectivity index (χ4v) is 2.33. The summed E-state index contributed by atoms with van der Waals surface area (Å²) in [6.07, 6.45) is 12.0. The first-order valence-electron chi connectivity index (χ1n) is 8.80. The molecule has 144 valence electrons. The Balaban J connectivity index is 2.40. The molecule has 1 fully saturated rings. The summed E-state index contributed by atoms with van der Waals surface area (Å²) in [6, 6.07) is 0. The Labute approximate surface area is 156 Å². The lowest BCUT2D eigenvalue weighted by Gasteiger charge is -2.31. The van der Waals surface area contributed by atoms with Crippen LogP contribution in [0.4, 0.5) is 0 Å². The second kappa shape index (κ2) is 14.1. The summed E-state index contributed by atoms with van der Waals surface area (Å²) in [5.74, 6) is -0.106. The van der Waals surface area contributed by atoms with E-state index in [0.29, 0.717) is 26.3 Å². The molecule has 0 aromatic heterocycles. The molecule has 1 N–H and O–H groups in total.